The number of anilines is 1. The number of hydrogen-bond donors (Lipinski definition) is 3. The van der Waals surface area contributed by atoms with Gasteiger partial charge in [-0.1, -0.05) is 54.6 Å². The minimum atomic E-state index is -0.234. The van der Waals surface area contributed by atoms with E-state index in [0.29, 0.717) is 12.1 Å². The minimum Gasteiger partial charge on any atom is -0.396 e. The fourth-order valence-corrected chi connectivity index (χ4v) is 6.93. The third-order valence-corrected chi connectivity index (χ3v) is 9.50. The van der Waals surface area contributed by atoms with E-state index in [1.807, 2.05) is 65.2 Å². The highest BCUT2D eigenvalue weighted by atomic mass is 16.3. The molecule has 1 unspecified atom stereocenters. The van der Waals surface area contributed by atoms with E-state index in [1.165, 1.54) is 5.56 Å². The second-order valence-electron chi connectivity index (χ2n) is 12.8. The summed E-state index contributed by atoms with van der Waals surface area (Å²) in [5.74, 6) is -0.103. The molecule has 48 heavy (non-hydrogen) atoms. The highest BCUT2D eigenvalue weighted by Crippen LogP contribution is 2.31. The molecular weight excluding hydrogens is 600 g/mol. The highest BCUT2D eigenvalue weighted by molar-refractivity contribution is 5.94. The SMILES string of the molecule is O=C(NCCCCCO)c1ccc2c(c1)=CN(c1ccc(CN3CCC(n4c(=O)[nH]c5ccccc54)CC3)cc1)C(c1ccccc1)N=2. The molecule has 3 heterocycles. The van der Waals surface area contributed by atoms with E-state index in [-0.39, 0.29) is 30.4 Å². The van der Waals surface area contributed by atoms with Gasteiger partial charge in [0.1, 0.15) is 0 Å². The van der Waals surface area contributed by atoms with E-state index in [9.17, 15) is 9.59 Å². The van der Waals surface area contributed by atoms with Crippen molar-refractivity contribution in [2.45, 2.75) is 50.9 Å². The van der Waals surface area contributed by atoms with Gasteiger partial charge in [0, 0.05) is 61.5 Å². The van der Waals surface area contributed by atoms with E-state index in [0.717, 1.165) is 84.6 Å². The molecule has 0 radical (unpaired) electrons. The number of nitrogens with one attached hydrogen (secondary N) is 2. The standard InChI is InChI=1S/C39H42N6O3/c46-24-8-2-7-21-40-38(47)30-15-18-34-31(25-30)27-44(37(41-34)29-9-3-1-4-10-29)32-16-13-28(14-17-32)26-43-22-19-33(20-23-43)45-36-12-6-5-11-35(36)42-39(45)48/h1,3-6,9-18,25,27,33,37,46H,2,7-8,19-24,26H2,(H,40,47)(H,42,48). The number of hydrogen-bond acceptors (Lipinski definition) is 6. The average Bonchev–Trinajstić information content (AvgIpc) is 3.47. The fraction of sp³-hybridized carbons (Fsp3) is 0.308. The van der Waals surface area contributed by atoms with Crippen molar-refractivity contribution in [1.29, 1.82) is 0 Å². The lowest BCUT2D eigenvalue weighted by Gasteiger charge is -2.33. The Hall–Kier alpha value is -4.99. The Kier molecular flexibility index (Phi) is 9.49. The Bertz CT molecular complexity index is 2050. The van der Waals surface area contributed by atoms with Crippen molar-refractivity contribution in [2.75, 3.05) is 31.1 Å². The average molecular weight is 643 g/mol. The number of para-hydroxylation sites is 2. The summed E-state index contributed by atoms with van der Waals surface area (Å²) in [5.41, 5.74) is 5.82. The number of carbonyl (C=O) groups excluding carboxylic acids is 1. The van der Waals surface area contributed by atoms with Crippen LogP contribution >= 0.6 is 0 Å². The number of amides is 1. The summed E-state index contributed by atoms with van der Waals surface area (Å²) in [6, 6.07) is 32.8. The molecule has 1 saturated heterocycles. The van der Waals surface area contributed by atoms with Crippen molar-refractivity contribution < 1.29 is 9.90 Å². The number of aromatic amines is 1. The molecule has 1 atom stereocenters. The van der Waals surface area contributed by atoms with Crippen LogP contribution in [0.1, 0.15) is 65.8 Å². The first-order chi connectivity index (χ1) is 23.6. The zero-order chi connectivity index (χ0) is 32.9. The van der Waals surface area contributed by atoms with Crippen molar-refractivity contribution in [3.63, 3.8) is 0 Å². The van der Waals surface area contributed by atoms with Crippen LogP contribution in [0.4, 0.5) is 5.69 Å². The number of piperidine rings is 1. The van der Waals surface area contributed by atoms with Crippen LogP contribution in [0.2, 0.25) is 0 Å². The molecule has 5 aromatic rings. The maximum Gasteiger partial charge on any atom is 0.326 e. The van der Waals surface area contributed by atoms with Crippen LogP contribution in [-0.4, -0.2) is 51.7 Å². The van der Waals surface area contributed by atoms with Crippen LogP contribution < -0.4 is 26.5 Å². The van der Waals surface area contributed by atoms with Crippen molar-refractivity contribution in [3.05, 3.63) is 135 Å². The number of aromatic nitrogens is 2. The smallest absolute Gasteiger partial charge is 0.326 e. The Labute approximate surface area is 279 Å². The van der Waals surface area contributed by atoms with Gasteiger partial charge in [-0.2, -0.15) is 0 Å². The number of imidazole rings is 1. The van der Waals surface area contributed by atoms with Gasteiger partial charge in [0.2, 0.25) is 0 Å². The molecule has 3 N–H and O–H groups in total. The van der Waals surface area contributed by atoms with Gasteiger partial charge >= 0.3 is 5.69 Å². The molecule has 1 aromatic heterocycles. The second kappa shape index (κ2) is 14.4. The first-order valence-corrected chi connectivity index (χ1v) is 17.0. The Morgan fingerprint density at radius 2 is 1.67 bits per heavy atom. The van der Waals surface area contributed by atoms with E-state index in [1.54, 1.807) is 0 Å². The molecule has 246 valence electrons. The molecule has 0 spiro atoms. The first kappa shape index (κ1) is 31.6. The zero-order valence-corrected chi connectivity index (χ0v) is 27.1. The maximum atomic E-state index is 12.9. The molecular formula is C39H42N6O3. The molecule has 4 aromatic carbocycles. The highest BCUT2D eigenvalue weighted by Gasteiger charge is 2.25. The van der Waals surface area contributed by atoms with Gasteiger partial charge in [-0.25, -0.2) is 4.79 Å². The van der Waals surface area contributed by atoms with Gasteiger partial charge in [-0.3, -0.25) is 19.3 Å². The minimum absolute atomic E-state index is 0.0206. The number of aliphatic hydroxyl groups is 1. The Morgan fingerprint density at radius 3 is 2.46 bits per heavy atom. The van der Waals surface area contributed by atoms with Crippen molar-refractivity contribution in [1.82, 2.24) is 19.8 Å². The monoisotopic (exact) mass is 642 g/mol. The quantitative estimate of drug-likeness (QED) is 0.182. The summed E-state index contributed by atoms with van der Waals surface area (Å²) in [5, 5.41) is 13.7. The lowest BCUT2D eigenvalue weighted by atomic mass is 10.0. The zero-order valence-electron chi connectivity index (χ0n) is 27.1. The lowest BCUT2D eigenvalue weighted by Crippen LogP contribution is -2.39. The number of H-pyrrole nitrogens is 1. The Balaban J connectivity index is 1.06. The molecule has 1 fully saturated rings. The lowest BCUT2D eigenvalue weighted by molar-refractivity contribution is 0.0952. The normalized spacial score (nSPS) is 16.7. The molecule has 9 heteroatoms. The molecule has 9 nitrogen and oxygen atoms in total. The molecule has 1 amide bonds. The number of fused-ring (bicyclic) bond motifs is 2. The predicted molar refractivity (Wildman–Crippen MR) is 189 cm³/mol. The number of rotatable bonds is 11. The number of carbonyl (C=O) groups is 1. The Morgan fingerprint density at radius 1 is 0.896 bits per heavy atom. The molecule has 7 rings (SSSR count). The summed E-state index contributed by atoms with van der Waals surface area (Å²) < 4.78 is 1.94. The third kappa shape index (κ3) is 6.83. The number of likely N-dealkylation sites (tertiary alicyclic amines) is 1. The van der Waals surface area contributed by atoms with Crippen LogP contribution in [0.15, 0.2) is 107 Å². The fourth-order valence-electron chi connectivity index (χ4n) is 6.93. The van der Waals surface area contributed by atoms with E-state index in [2.05, 4.69) is 62.7 Å². The summed E-state index contributed by atoms with van der Waals surface area (Å²) in [7, 11) is 0. The van der Waals surface area contributed by atoms with Crippen LogP contribution in [0, 0.1) is 0 Å². The first-order valence-electron chi connectivity index (χ1n) is 17.0. The van der Waals surface area contributed by atoms with Gasteiger partial charge in [0.25, 0.3) is 5.91 Å². The van der Waals surface area contributed by atoms with E-state index < -0.39 is 0 Å². The molecule has 0 bridgehead atoms. The molecule has 0 aliphatic carbocycles. The van der Waals surface area contributed by atoms with Crippen LogP contribution in [0.5, 0.6) is 0 Å². The number of nitrogens with zero attached hydrogens (tertiary/aromatic N) is 4. The summed E-state index contributed by atoms with van der Waals surface area (Å²) in [6.45, 7) is 3.48. The maximum absolute atomic E-state index is 12.9. The van der Waals surface area contributed by atoms with Gasteiger partial charge in [0.05, 0.1) is 16.4 Å². The van der Waals surface area contributed by atoms with E-state index in [4.69, 9.17) is 10.1 Å². The van der Waals surface area contributed by atoms with Crippen LogP contribution in [-0.2, 0) is 6.54 Å². The second-order valence-corrected chi connectivity index (χ2v) is 12.8. The van der Waals surface area contributed by atoms with Gasteiger partial charge in [-0.05, 0) is 85.7 Å². The topological polar surface area (TPSA) is 106 Å². The summed E-state index contributed by atoms with van der Waals surface area (Å²) >= 11 is 0. The molecule has 0 saturated carbocycles. The van der Waals surface area contributed by atoms with Crippen molar-refractivity contribution in [2.24, 2.45) is 4.99 Å². The van der Waals surface area contributed by atoms with Gasteiger partial charge < -0.3 is 20.3 Å². The van der Waals surface area contributed by atoms with E-state index >= 15 is 0 Å². The number of unbranched alkanes of at least 4 members (excludes halogenated alkanes) is 2. The molecule has 2 aliphatic rings. The number of aliphatic hydroxyl groups excluding tert-OH is 1. The third-order valence-electron chi connectivity index (χ3n) is 9.50. The van der Waals surface area contributed by atoms with Crippen LogP contribution in [0.25, 0.3) is 17.2 Å². The largest absolute Gasteiger partial charge is 0.396 e. The van der Waals surface area contributed by atoms with Gasteiger partial charge in [0.15, 0.2) is 6.17 Å². The summed E-state index contributed by atoms with van der Waals surface area (Å²) in [4.78, 5) is 38.4. The molecule has 2 aliphatic heterocycles. The van der Waals surface area contributed by atoms with Crippen molar-refractivity contribution in [3.8, 4) is 0 Å². The van der Waals surface area contributed by atoms with Crippen LogP contribution in [0.3, 0.4) is 0 Å². The summed E-state index contributed by atoms with van der Waals surface area (Å²) in [6.07, 6.45) is 6.21. The van der Waals surface area contributed by atoms with Crippen molar-refractivity contribution >= 4 is 28.8 Å². The predicted octanol–water partition coefficient (Wildman–Crippen LogP) is 4.64. The number of benzene rings is 4. The van der Waals surface area contributed by atoms with Gasteiger partial charge in [-0.15, -0.1) is 0 Å².